The topological polar surface area (TPSA) is 47.0 Å². The number of hydrogen-bond donors (Lipinski definition) is 1. The Labute approximate surface area is 162 Å². The molecular formula is C22H18ClN3O. The summed E-state index contributed by atoms with van der Waals surface area (Å²) in [7, 11) is 1.67. The lowest BCUT2D eigenvalue weighted by molar-refractivity contribution is 0.414. The fraction of sp³-hybridized carbons (Fsp3) is 0.0909. The molecule has 4 aromatic rings. The highest BCUT2D eigenvalue weighted by Gasteiger charge is 2.10. The van der Waals surface area contributed by atoms with Crippen molar-refractivity contribution in [3.8, 4) is 5.75 Å². The number of ether oxygens (including phenoxy) is 1. The molecule has 0 spiro atoms. The molecule has 0 atom stereocenters. The molecule has 0 fully saturated rings. The molecular weight excluding hydrogens is 358 g/mol. The number of benzene rings is 3. The minimum Gasteiger partial charge on any atom is -0.497 e. The molecule has 4 nitrogen and oxygen atoms in total. The summed E-state index contributed by atoms with van der Waals surface area (Å²) in [6, 6.07) is 23.7. The van der Waals surface area contributed by atoms with Gasteiger partial charge in [-0.15, -0.1) is 5.10 Å². The number of fused-ring (bicyclic) bond motifs is 1. The van der Waals surface area contributed by atoms with E-state index in [-0.39, 0.29) is 0 Å². The highest BCUT2D eigenvalue weighted by molar-refractivity contribution is 6.30. The maximum atomic E-state index is 5.96. The van der Waals surface area contributed by atoms with Gasteiger partial charge < -0.3 is 10.1 Å². The average Bonchev–Trinajstić information content (AvgIpc) is 2.72. The van der Waals surface area contributed by atoms with Crippen LogP contribution in [0.15, 0.2) is 72.8 Å². The van der Waals surface area contributed by atoms with Crippen molar-refractivity contribution < 1.29 is 4.74 Å². The number of rotatable bonds is 5. The van der Waals surface area contributed by atoms with Crippen LogP contribution in [0.2, 0.25) is 5.02 Å². The van der Waals surface area contributed by atoms with Crippen LogP contribution in [0.4, 0.5) is 11.5 Å². The van der Waals surface area contributed by atoms with E-state index in [2.05, 4.69) is 39.8 Å². The molecule has 1 heterocycles. The van der Waals surface area contributed by atoms with E-state index < -0.39 is 0 Å². The Hall–Kier alpha value is -3.11. The molecule has 134 valence electrons. The van der Waals surface area contributed by atoms with Gasteiger partial charge in [0.25, 0.3) is 0 Å². The summed E-state index contributed by atoms with van der Waals surface area (Å²) in [6.45, 7) is 0. The van der Waals surface area contributed by atoms with Crippen molar-refractivity contribution in [1.82, 2.24) is 10.2 Å². The van der Waals surface area contributed by atoms with Crippen LogP contribution in [-0.2, 0) is 6.42 Å². The van der Waals surface area contributed by atoms with Gasteiger partial charge in [-0.05, 0) is 42.0 Å². The fourth-order valence-corrected chi connectivity index (χ4v) is 3.11. The summed E-state index contributed by atoms with van der Waals surface area (Å²) in [5.41, 5.74) is 3.02. The van der Waals surface area contributed by atoms with Gasteiger partial charge in [0, 0.05) is 27.9 Å². The second kappa shape index (κ2) is 7.64. The van der Waals surface area contributed by atoms with Crippen molar-refractivity contribution in [2.75, 3.05) is 12.4 Å². The Morgan fingerprint density at radius 1 is 0.852 bits per heavy atom. The van der Waals surface area contributed by atoms with E-state index in [1.807, 2.05) is 48.5 Å². The van der Waals surface area contributed by atoms with E-state index in [0.29, 0.717) is 11.4 Å². The molecule has 4 rings (SSSR count). The third-order valence-corrected chi connectivity index (χ3v) is 4.65. The van der Waals surface area contributed by atoms with Crippen molar-refractivity contribution in [3.05, 3.63) is 89.1 Å². The maximum Gasteiger partial charge on any atom is 0.160 e. The van der Waals surface area contributed by atoms with Crippen molar-refractivity contribution in [3.63, 3.8) is 0 Å². The SMILES string of the molecule is COc1ccc(Cc2nnc(Nc3ccc(Cl)cc3)c3ccccc23)cc1. The summed E-state index contributed by atoms with van der Waals surface area (Å²) >= 11 is 5.96. The zero-order chi connectivity index (χ0) is 18.6. The molecule has 5 heteroatoms. The maximum absolute atomic E-state index is 5.96. The number of nitrogens with zero attached hydrogens (tertiary/aromatic N) is 2. The van der Waals surface area contributed by atoms with E-state index in [1.165, 1.54) is 0 Å². The zero-order valence-corrected chi connectivity index (χ0v) is 15.6. The standard InChI is InChI=1S/C22H18ClN3O/c1-27-18-12-6-15(7-13-18)14-21-19-4-2-3-5-20(19)22(26-25-21)24-17-10-8-16(23)9-11-17/h2-13H,14H2,1H3,(H,24,26). The average molecular weight is 376 g/mol. The molecule has 1 N–H and O–H groups in total. The number of methoxy groups -OCH3 is 1. The second-order valence-electron chi connectivity index (χ2n) is 6.20. The van der Waals surface area contributed by atoms with Crippen LogP contribution in [-0.4, -0.2) is 17.3 Å². The van der Waals surface area contributed by atoms with E-state index in [0.717, 1.165) is 39.3 Å². The summed E-state index contributed by atoms with van der Waals surface area (Å²) in [4.78, 5) is 0. The Morgan fingerprint density at radius 2 is 1.56 bits per heavy atom. The smallest absolute Gasteiger partial charge is 0.160 e. The predicted molar refractivity (Wildman–Crippen MR) is 110 cm³/mol. The van der Waals surface area contributed by atoms with Gasteiger partial charge in [-0.25, -0.2) is 0 Å². The lowest BCUT2D eigenvalue weighted by atomic mass is 10.0. The molecule has 27 heavy (non-hydrogen) atoms. The summed E-state index contributed by atoms with van der Waals surface area (Å²) in [6.07, 6.45) is 0.707. The van der Waals surface area contributed by atoms with Crippen LogP contribution in [0, 0.1) is 0 Å². The number of aromatic nitrogens is 2. The second-order valence-corrected chi connectivity index (χ2v) is 6.63. The molecule has 0 bridgehead atoms. The molecule has 0 radical (unpaired) electrons. The van der Waals surface area contributed by atoms with Crippen molar-refractivity contribution in [2.24, 2.45) is 0 Å². The molecule has 0 aliphatic heterocycles. The Bertz CT molecular complexity index is 1060. The van der Waals surface area contributed by atoms with Crippen LogP contribution < -0.4 is 10.1 Å². The summed E-state index contributed by atoms with van der Waals surface area (Å²) in [5, 5.41) is 15.1. The van der Waals surface area contributed by atoms with Gasteiger partial charge in [0.15, 0.2) is 5.82 Å². The lowest BCUT2D eigenvalue weighted by Crippen LogP contribution is -2.02. The first kappa shape index (κ1) is 17.3. The molecule has 0 aliphatic rings. The summed E-state index contributed by atoms with van der Waals surface area (Å²) in [5.74, 6) is 1.57. The molecule has 1 aromatic heterocycles. The first-order valence-electron chi connectivity index (χ1n) is 8.63. The predicted octanol–water partition coefficient (Wildman–Crippen LogP) is 5.63. The van der Waals surface area contributed by atoms with Crippen molar-refractivity contribution >= 4 is 33.9 Å². The van der Waals surface area contributed by atoms with Gasteiger partial charge in [-0.3, -0.25) is 0 Å². The number of nitrogens with one attached hydrogen (secondary N) is 1. The highest BCUT2D eigenvalue weighted by Crippen LogP contribution is 2.27. The Morgan fingerprint density at radius 3 is 2.26 bits per heavy atom. The summed E-state index contributed by atoms with van der Waals surface area (Å²) < 4.78 is 5.22. The molecule has 3 aromatic carbocycles. The molecule has 0 saturated heterocycles. The first-order valence-corrected chi connectivity index (χ1v) is 9.00. The van der Waals surface area contributed by atoms with Gasteiger partial charge in [-0.2, -0.15) is 5.10 Å². The van der Waals surface area contributed by atoms with Crippen molar-refractivity contribution in [1.29, 1.82) is 0 Å². The van der Waals surface area contributed by atoms with Crippen LogP contribution in [0.5, 0.6) is 5.75 Å². The first-order chi connectivity index (χ1) is 13.2. The van der Waals surface area contributed by atoms with E-state index in [1.54, 1.807) is 7.11 Å². The molecule has 0 saturated carbocycles. The Kier molecular flexibility index (Phi) is 4.90. The molecule has 0 amide bonds. The largest absolute Gasteiger partial charge is 0.497 e. The normalized spacial score (nSPS) is 10.7. The Balaban J connectivity index is 1.68. The quantitative estimate of drug-likeness (QED) is 0.491. The number of anilines is 2. The fourth-order valence-electron chi connectivity index (χ4n) is 2.99. The number of halogens is 1. The minimum atomic E-state index is 0.700. The van der Waals surface area contributed by atoms with Gasteiger partial charge in [0.2, 0.25) is 0 Å². The van der Waals surface area contributed by atoms with E-state index >= 15 is 0 Å². The lowest BCUT2D eigenvalue weighted by Gasteiger charge is -2.11. The van der Waals surface area contributed by atoms with Crippen LogP contribution in [0.1, 0.15) is 11.3 Å². The van der Waals surface area contributed by atoms with Crippen LogP contribution in [0.25, 0.3) is 10.8 Å². The van der Waals surface area contributed by atoms with Gasteiger partial charge in [0.1, 0.15) is 5.75 Å². The van der Waals surface area contributed by atoms with E-state index in [9.17, 15) is 0 Å². The zero-order valence-electron chi connectivity index (χ0n) is 14.8. The van der Waals surface area contributed by atoms with Gasteiger partial charge >= 0.3 is 0 Å². The van der Waals surface area contributed by atoms with Crippen LogP contribution >= 0.6 is 11.6 Å². The minimum absolute atomic E-state index is 0.700. The number of hydrogen-bond acceptors (Lipinski definition) is 4. The van der Waals surface area contributed by atoms with Crippen molar-refractivity contribution in [2.45, 2.75) is 6.42 Å². The highest BCUT2D eigenvalue weighted by atomic mass is 35.5. The third kappa shape index (κ3) is 3.86. The molecule has 0 unspecified atom stereocenters. The van der Waals surface area contributed by atoms with E-state index in [4.69, 9.17) is 16.3 Å². The third-order valence-electron chi connectivity index (χ3n) is 4.40. The van der Waals surface area contributed by atoms with Gasteiger partial charge in [0.05, 0.1) is 12.8 Å². The monoisotopic (exact) mass is 375 g/mol. The van der Waals surface area contributed by atoms with Crippen LogP contribution in [0.3, 0.4) is 0 Å². The van der Waals surface area contributed by atoms with Gasteiger partial charge in [-0.1, -0.05) is 48.0 Å². The molecule has 0 aliphatic carbocycles.